The Kier molecular flexibility index (Phi) is 3.85. The number of aromatic nitrogens is 5. The van der Waals surface area contributed by atoms with Crippen molar-refractivity contribution in [1.82, 2.24) is 24.7 Å². The minimum Gasteiger partial charge on any atom is -0.483 e. The molecule has 0 atom stereocenters. The molecular formula is C20H19N5O2. The third-order valence-corrected chi connectivity index (χ3v) is 5.14. The average molecular weight is 361 g/mol. The third kappa shape index (κ3) is 2.85. The molecule has 136 valence electrons. The van der Waals surface area contributed by atoms with Gasteiger partial charge in [-0.1, -0.05) is 31.0 Å². The number of fused-ring (bicyclic) bond motifs is 2. The summed E-state index contributed by atoms with van der Waals surface area (Å²) in [4.78, 5) is 24.3. The highest BCUT2D eigenvalue weighted by molar-refractivity contribution is 5.84. The van der Waals surface area contributed by atoms with E-state index in [2.05, 4.69) is 20.1 Å². The molecular weight excluding hydrogens is 342 g/mol. The lowest BCUT2D eigenvalue weighted by Gasteiger charge is -2.11. The van der Waals surface area contributed by atoms with Gasteiger partial charge in [0, 0.05) is 11.6 Å². The molecule has 1 aliphatic rings. The fourth-order valence-electron chi connectivity index (χ4n) is 3.80. The van der Waals surface area contributed by atoms with E-state index in [1.54, 1.807) is 12.4 Å². The van der Waals surface area contributed by atoms with Crippen LogP contribution in [0, 0.1) is 0 Å². The topological polar surface area (TPSA) is 85.7 Å². The first-order chi connectivity index (χ1) is 13.3. The molecule has 7 heteroatoms. The van der Waals surface area contributed by atoms with Crippen molar-refractivity contribution in [3.05, 3.63) is 58.9 Å². The van der Waals surface area contributed by atoms with E-state index in [0.717, 1.165) is 23.7 Å². The third-order valence-electron chi connectivity index (χ3n) is 5.14. The highest BCUT2D eigenvalue weighted by Crippen LogP contribution is 2.30. The second kappa shape index (κ2) is 6.50. The Morgan fingerprint density at radius 3 is 2.93 bits per heavy atom. The summed E-state index contributed by atoms with van der Waals surface area (Å²) in [6.07, 6.45) is 7.90. The van der Waals surface area contributed by atoms with Gasteiger partial charge >= 0.3 is 0 Å². The molecule has 0 spiro atoms. The van der Waals surface area contributed by atoms with Crippen LogP contribution in [-0.2, 0) is 6.61 Å². The van der Waals surface area contributed by atoms with E-state index in [1.807, 2.05) is 35.0 Å². The average Bonchev–Trinajstić information content (AvgIpc) is 3.36. The Bertz CT molecular complexity index is 1170. The van der Waals surface area contributed by atoms with Crippen molar-refractivity contribution in [2.45, 2.75) is 38.3 Å². The second-order valence-electron chi connectivity index (χ2n) is 6.90. The van der Waals surface area contributed by atoms with Gasteiger partial charge in [-0.25, -0.2) is 9.67 Å². The Morgan fingerprint density at radius 2 is 2.04 bits per heavy atom. The number of rotatable bonds is 4. The van der Waals surface area contributed by atoms with E-state index in [1.165, 1.54) is 12.8 Å². The van der Waals surface area contributed by atoms with E-state index in [4.69, 9.17) is 4.74 Å². The summed E-state index contributed by atoms with van der Waals surface area (Å²) in [5.41, 5.74) is 1.25. The molecule has 0 radical (unpaired) electrons. The molecule has 5 rings (SSSR count). The lowest BCUT2D eigenvalue weighted by molar-refractivity contribution is 0.298. The summed E-state index contributed by atoms with van der Waals surface area (Å²) < 4.78 is 7.83. The van der Waals surface area contributed by atoms with Crippen LogP contribution in [0.5, 0.6) is 5.75 Å². The van der Waals surface area contributed by atoms with Crippen LogP contribution in [0.1, 0.15) is 37.5 Å². The van der Waals surface area contributed by atoms with Crippen molar-refractivity contribution in [2.75, 3.05) is 0 Å². The number of pyridine rings is 1. The number of nitrogens with zero attached hydrogens (tertiary/aromatic N) is 4. The van der Waals surface area contributed by atoms with Gasteiger partial charge < -0.3 is 9.72 Å². The van der Waals surface area contributed by atoms with Crippen LogP contribution >= 0.6 is 0 Å². The molecule has 0 amide bonds. The summed E-state index contributed by atoms with van der Waals surface area (Å²) in [7, 11) is 0. The molecule has 0 bridgehead atoms. The molecule has 1 N–H and O–H groups in total. The van der Waals surface area contributed by atoms with Crippen LogP contribution < -0.4 is 10.3 Å². The zero-order valence-corrected chi connectivity index (χ0v) is 14.8. The van der Waals surface area contributed by atoms with E-state index in [0.29, 0.717) is 28.6 Å². The van der Waals surface area contributed by atoms with Gasteiger partial charge in [-0.05, 0) is 25.0 Å². The fraction of sp³-hybridized carbons (Fsp3) is 0.300. The number of aromatic amines is 1. The molecule has 0 unspecified atom stereocenters. The van der Waals surface area contributed by atoms with Crippen LogP contribution in [0.25, 0.3) is 21.9 Å². The molecule has 3 heterocycles. The summed E-state index contributed by atoms with van der Waals surface area (Å²) in [5.74, 6) is 1.15. The minimum atomic E-state index is -0.182. The number of hydrogen-bond donors (Lipinski definition) is 1. The fourth-order valence-corrected chi connectivity index (χ4v) is 3.80. The number of hydrogen-bond acceptors (Lipinski definition) is 5. The number of H-pyrrole nitrogens is 1. The van der Waals surface area contributed by atoms with Gasteiger partial charge in [0.15, 0.2) is 5.65 Å². The molecule has 1 saturated carbocycles. The molecule has 7 nitrogen and oxygen atoms in total. The number of ether oxygens (including phenoxy) is 1. The molecule has 0 aliphatic heterocycles. The van der Waals surface area contributed by atoms with Gasteiger partial charge in [0.2, 0.25) is 0 Å². The smallest absolute Gasteiger partial charge is 0.262 e. The zero-order valence-electron chi connectivity index (χ0n) is 14.8. The number of para-hydroxylation sites is 1. The largest absolute Gasteiger partial charge is 0.483 e. The van der Waals surface area contributed by atoms with Gasteiger partial charge in [0.05, 0.1) is 12.2 Å². The normalized spacial score (nSPS) is 15.0. The standard InChI is InChI=1S/C20H19N5O2/c26-20-15-11-22-25(14-7-1-2-8-14)19(15)23-17(24-20)12-27-16-9-3-5-13-6-4-10-21-18(13)16/h3-6,9-11,14H,1-2,7-8,12H2,(H,23,24,26). The van der Waals surface area contributed by atoms with Crippen LogP contribution in [-0.4, -0.2) is 24.7 Å². The number of nitrogens with one attached hydrogen (secondary N) is 1. The predicted molar refractivity (Wildman–Crippen MR) is 102 cm³/mol. The first-order valence-electron chi connectivity index (χ1n) is 9.22. The van der Waals surface area contributed by atoms with Crippen LogP contribution in [0.4, 0.5) is 0 Å². The van der Waals surface area contributed by atoms with Crippen LogP contribution in [0.3, 0.4) is 0 Å². The first-order valence-corrected chi connectivity index (χ1v) is 9.22. The molecule has 27 heavy (non-hydrogen) atoms. The maximum Gasteiger partial charge on any atom is 0.262 e. The highest BCUT2D eigenvalue weighted by atomic mass is 16.5. The summed E-state index contributed by atoms with van der Waals surface area (Å²) >= 11 is 0. The zero-order chi connectivity index (χ0) is 18.2. The quantitative estimate of drug-likeness (QED) is 0.602. The van der Waals surface area contributed by atoms with Gasteiger partial charge in [0.25, 0.3) is 5.56 Å². The van der Waals surface area contributed by atoms with E-state index in [9.17, 15) is 4.79 Å². The Hall–Kier alpha value is -3.22. The Morgan fingerprint density at radius 1 is 1.19 bits per heavy atom. The molecule has 1 aromatic carbocycles. The highest BCUT2D eigenvalue weighted by Gasteiger charge is 2.21. The second-order valence-corrected chi connectivity index (χ2v) is 6.90. The minimum absolute atomic E-state index is 0.163. The molecule has 3 aromatic heterocycles. The monoisotopic (exact) mass is 361 g/mol. The van der Waals surface area contributed by atoms with Gasteiger partial charge in [-0.2, -0.15) is 5.10 Å². The maximum absolute atomic E-state index is 12.4. The number of benzene rings is 1. The Labute approximate surface area is 155 Å². The molecule has 4 aromatic rings. The van der Waals surface area contributed by atoms with Crippen LogP contribution in [0.15, 0.2) is 47.5 Å². The molecule has 1 fully saturated rings. The van der Waals surface area contributed by atoms with E-state index < -0.39 is 0 Å². The van der Waals surface area contributed by atoms with Crippen molar-refractivity contribution in [3.63, 3.8) is 0 Å². The Balaban J connectivity index is 1.48. The van der Waals surface area contributed by atoms with Crippen molar-refractivity contribution >= 4 is 21.9 Å². The predicted octanol–water partition coefficient (Wildman–Crippen LogP) is 3.36. The van der Waals surface area contributed by atoms with Crippen molar-refractivity contribution in [3.8, 4) is 5.75 Å². The molecule has 1 aliphatic carbocycles. The lowest BCUT2D eigenvalue weighted by atomic mass is 10.2. The van der Waals surface area contributed by atoms with Gasteiger partial charge in [0.1, 0.15) is 29.1 Å². The van der Waals surface area contributed by atoms with Gasteiger partial charge in [-0.3, -0.25) is 9.78 Å². The van der Waals surface area contributed by atoms with Crippen LogP contribution in [0.2, 0.25) is 0 Å². The summed E-state index contributed by atoms with van der Waals surface area (Å²) in [6, 6.07) is 9.99. The molecule has 0 saturated heterocycles. The van der Waals surface area contributed by atoms with E-state index >= 15 is 0 Å². The summed E-state index contributed by atoms with van der Waals surface area (Å²) in [5, 5.41) is 5.95. The maximum atomic E-state index is 12.4. The SMILES string of the molecule is O=c1[nH]c(COc2cccc3cccnc23)nc2c1cnn2C1CCCC1. The van der Waals surface area contributed by atoms with E-state index in [-0.39, 0.29) is 12.2 Å². The lowest BCUT2D eigenvalue weighted by Crippen LogP contribution is -2.15. The first kappa shape index (κ1) is 16.0. The van der Waals surface area contributed by atoms with Crippen molar-refractivity contribution < 1.29 is 4.74 Å². The van der Waals surface area contributed by atoms with Crippen molar-refractivity contribution in [1.29, 1.82) is 0 Å². The van der Waals surface area contributed by atoms with Crippen molar-refractivity contribution in [2.24, 2.45) is 0 Å². The van der Waals surface area contributed by atoms with Gasteiger partial charge in [-0.15, -0.1) is 0 Å². The summed E-state index contributed by atoms with van der Waals surface area (Å²) in [6.45, 7) is 0.163.